The molecule has 6 aromatic rings. The average molecular weight is 722 g/mol. The number of halogens is 1. The third-order valence-electron chi connectivity index (χ3n) is 7.05. The molecular formula is C31H24ClN7O6S3. The summed E-state index contributed by atoms with van der Waals surface area (Å²) in [4.78, 5) is 5.59. The molecule has 6 N–H and O–H groups in total. The van der Waals surface area contributed by atoms with Crippen LogP contribution in [0.15, 0.2) is 106 Å². The first-order valence-corrected chi connectivity index (χ1v) is 18.5. The Labute approximate surface area is 280 Å². The van der Waals surface area contributed by atoms with Crippen molar-refractivity contribution in [1.29, 1.82) is 10.5 Å². The van der Waals surface area contributed by atoms with Crippen molar-refractivity contribution in [3.8, 4) is 12.1 Å². The highest BCUT2D eigenvalue weighted by Gasteiger charge is 2.19. The van der Waals surface area contributed by atoms with E-state index >= 15 is 0 Å². The molecule has 0 aliphatic heterocycles. The zero-order valence-corrected chi connectivity index (χ0v) is 27.9. The van der Waals surface area contributed by atoms with E-state index in [4.69, 9.17) is 27.3 Å². The number of aromatic amines is 2. The molecule has 0 atom stereocenters. The molecule has 2 aromatic heterocycles. The number of nitriles is 2. The Morgan fingerprint density at radius 2 is 1.31 bits per heavy atom. The minimum atomic E-state index is -3.91. The summed E-state index contributed by atoms with van der Waals surface area (Å²) < 4.78 is 77.5. The summed E-state index contributed by atoms with van der Waals surface area (Å²) >= 11 is 6.02. The van der Waals surface area contributed by atoms with Gasteiger partial charge in [-0.3, -0.25) is 9.44 Å². The molecule has 0 aliphatic carbocycles. The molecule has 0 spiro atoms. The third-order valence-corrected chi connectivity index (χ3v) is 11.0. The Hall–Kier alpha value is -5.36. The van der Waals surface area contributed by atoms with Gasteiger partial charge in [0.05, 0.1) is 59.3 Å². The van der Waals surface area contributed by atoms with E-state index in [-0.39, 0.29) is 20.2 Å². The molecule has 244 valence electrons. The van der Waals surface area contributed by atoms with Gasteiger partial charge in [0.1, 0.15) is 6.07 Å². The molecule has 0 fully saturated rings. The van der Waals surface area contributed by atoms with E-state index in [1.807, 2.05) is 13.0 Å². The van der Waals surface area contributed by atoms with E-state index in [1.165, 1.54) is 36.4 Å². The molecule has 48 heavy (non-hydrogen) atoms. The van der Waals surface area contributed by atoms with Crippen LogP contribution < -0.4 is 14.6 Å². The Morgan fingerprint density at radius 3 is 1.96 bits per heavy atom. The fraction of sp³-hybridized carbons (Fsp3) is 0.0323. The van der Waals surface area contributed by atoms with Gasteiger partial charge in [0.25, 0.3) is 20.0 Å². The fourth-order valence-electron chi connectivity index (χ4n) is 4.75. The van der Waals surface area contributed by atoms with Crippen molar-refractivity contribution in [3.63, 3.8) is 0 Å². The molecule has 0 bridgehead atoms. The lowest BCUT2D eigenvalue weighted by Gasteiger charge is -2.10. The number of aromatic nitrogens is 2. The Kier molecular flexibility index (Phi) is 9.23. The van der Waals surface area contributed by atoms with Crippen molar-refractivity contribution >= 4 is 74.9 Å². The van der Waals surface area contributed by atoms with Gasteiger partial charge in [-0.05, 0) is 67.1 Å². The van der Waals surface area contributed by atoms with E-state index in [1.54, 1.807) is 42.7 Å². The number of aryl methyl sites for hydroxylation is 1. The van der Waals surface area contributed by atoms with Gasteiger partial charge in [0, 0.05) is 23.2 Å². The number of nitrogens with zero attached hydrogens (tertiary/aromatic N) is 2. The molecule has 4 aromatic carbocycles. The zero-order chi connectivity index (χ0) is 34.9. The molecule has 0 unspecified atom stereocenters. The van der Waals surface area contributed by atoms with Crippen molar-refractivity contribution in [2.24, 2.45) is 5.14 Å². The van der Waals surface area contributed by atoms with Crippen molar-refractivity contribution < 1.29 is 25.3 Å². The SMILES string of the molecule is Cc1ccc(NS(=O)(=O)c2cccc(C#N)c2)c2[nH]cc(C#N)c12.NS(=O)(=O)c1ccc(S(=O)(=O)Nc2cccc3c(Cl)c[nH]c23)cc1. The number of benzene rings is 4. The average Bonchev–Trinajstić information content (AvgIpc) is 3.67. The molecule has 13 nitrogen and oxygen atoms in total. The lowest BCUT2D eigenvalue weighted by atomic mass is 10.1. The quantitative estimate of drug-likeness (QED) is 0.145. The number of para-hydroxylation sites is 1. The maximum Gasteiger partial charge on any atom is 0.262 e. The largest absolute Gasteiger partial charge is 0.358 e. The maximum absolute atomic E-state index is 12.6. The van der Waals surface area contributed by atoms with Crippen LogP contribution in [0.2, 0.25) is 5.02 Å². The number of hydrogen-bond acceptors (Lipinski definition) is 8. The van der Waals surface area contributed by atoms with Crippen LogP contribution in [0.5, 0.6) is 0 Å². The number of primary sulfonamides is 1. The van der Waals surface area contributed by atoms with E-state index < -0.39 is 30.1 Å². The minimum absolute atomic E-state index is 0.00216. The second kappa shape index (κ2) is 13.0. The van der Waals surface area contributed by atoms with Gasteiger partial charge in [-0.2, -0.15) is 10.5 Å². The van der Waals surface area contributed by atoms with Crippen LogP contribution in [0.3, 0.4) is 0 Å². The highest BCUT2D eigenvalue weighted by molar-refractivity contribution is 7.93. The number of anilines is 2. The summed E-state index contributed by atoms with van der Waals surface area (Å²) in [5, 5.41) is 24.9. The number of hydrogen-bond donors (Lipinski definition) is 5. The van der Waals surface area contributed by atoms with E-state index in [9.17, 15) is 25.3 Å². The normalized spacial score (nSPS) is 11.7. The first-order chi connectivity index (χ1) is 22.6. The number of rotatable bonds is 7. The lowest BCUT2D eigenvalue weighted by Crippen LogP contribution is -2.15. The minimum Gasteiger partial charge on any atom is -0.358 e. The van der Waals surface area contributed by atoms with Gasteiger partial charge in [-0.15, -0.1) is 0 Å². The molecule has 0 saturated heterocycles. The van der Waals surface area contributed by atoms with Crippen LogP contribution >= 0.6 is 11.6 Å². The number of nitrogens with two attached hydrogens (primary N) is 1. The van der Waals surface area contributed by atoms with Gasteiger partial charge in [-0.1, -0.05) is 35.9 Å². The summed E-state index contributed by atoms with van der Waals surface area (Å²) in [6.45, 7) is 1.85. The summed E-state index contributed by atoms with van der Waals surface area (Å²) in [5.74, 6) is 0. The molecule has 17 heteroatoms. The Morgan fingerprint density at radius 1 is 0.708 bits per heavy atom. The summed E-state index contributed by atoms with van der Waals surface area (Å²) in [5.41, 5.74) is 3.36. The molecule has 0 saturated carbocycles. The Balaban J connectivity index is 0.000000188. The topological polar surface area (TPSA) is 232 Å². The van der Waals surface area contributed by atoms with Gasteiger partial charge in [0.2, 0.25) is 10.0 Å². The van der Waals surface area contributed by atoms with Crippen LogP contribution in [0.4, 0.5) is 11.4 Å². The Bertz CT molecular complexity index is 2620. The van der Waals surface area contributed by atoms with Gasteiger partial charge < -0.3 is 9.97 Å². The van der Waals surface area contributed by atoms with E-state index in [2.05, 4.69) is 25.5 Å². The number of fused-ring (bicyclic) bond motifs is 2. The van der Waals surface area contributed by atoms with Crippen molar-refractivity contribution in [3.05, 3.63) is 113 Å². The second-order valence-corrected chi connectivity index (χ2v) is 15.6. The van der Waals surface area contributed by atoms with Gasteiger partial charge in [-0.25, -0.2) is 30.4 Å². The van der Waals surface area contributed by atoms with E-state index in [0.29, 0.717) is 43.8 Å². The smallest absolute Gasteiger partial charge is 0.262 e. The van der Waals surface area contributed by atoms with Crippen LogP contribution in [-0.2, 0) is 30.1 Å². The predicted octanol–water partition coefficient (Wildman–Crippen LogP) is 5.29. The van der Waals surface area contributed by atoms with Crippen LogP contribution in [0.25, 0.3) is 21.8 Å². The van der Waals surface area contributed by atoms with Crippen LogP contribution in [0, 0.1) is 29.6 Å². The molecule has 0 radical (unpaired) electrons. The first-order valence-electron chi connectivity index (χ1n) is 13.6. The van der Waals surface area contributed by atoms with Crippen LogP contribution in [-0.4, -0.2) is 35.2 Å². The van der Waals surface area contributed by atoms with Crippen molar-refractivity contribution in [2.45, 2.75) is 21.6 Å². The molecule has 0 aliphatic rings. The summed E-state index contributed by atoms with van der Waals surface area (Å²) in [6.07, 6.45) is 3.11. The van der Waals surface area contributed by atoms with Crippen molar-refractivity contribution in [2.75, 3.05) is 9.44 Å². The highest BCUT2D eigenvalue weighted by atomic mass is 35.5. The fourth-order valence-corrected chi connectivity index (χ4v) is 7.66. The first kappa shape index (κ1) is 34.0. The monoisotopic (exact) mass is 721 g/mol. The van der Waals surface area contributed by atoms with Gasteiger partial charge >= 0.3 is 0 Å². The summed E-state index contributed by atoms with van der Waals surface area (Å²) in [7, 11) is -11.6. The number of H-pyrrole nitrogens is 2. The molecule has 0 amide bonds. The lowest BCUT2D eigenvalue weighted by molar-refractivity contribution is 0.595. The summed E-state index contributed by atoms with van der Waals surface area (Å²) in [6, 6.07) is 22.8. The highest BCUT2D eigenvalue weighted by Crippen LogP contribution is 2.31. The zero-order valence-electron chi connectivity index (χ0n) is 24.7. The van der Waals surface area contributed by atoms with Gasteiger partial charge in [0.15, 0.2) is 0 Å². The maximum atomic E-state index is 12.6. The van der Waals surface area contributed by atoms with Crippen LogP contribution in [0.1, 0.15) is 16.7 Å². The van der Waals surface area contributed by atoms with Crippen molar-refractivity contribution in [1.82, 2.24) is 9.97 Å². The number of sulfonamides is 3. The molecule has 2 heterocycles. The predicted molar refractivity (Wildman–Crippen MR) is 182 cm³/mol. The molecule has 6 rings (SSSR count). The standard InChI is InChI=1S/C17H12N4O2S.C14H12ClN3O4S2/c1-11-5-6-15(17-16(11)13(9-19)10-20-17)21-24(22,23)14-4-2-3-12(7-14)8-18;15-12-8-17-14-11(12)2-1-3-13(14)18-24(21,22)10-6-4-9(5-7-10)23(16,19)20/h2-7,10,20-21H,1H3;1-8,17-18H,(H2,16,19,20). The van der Waals surface area contributed by atoms with E-state index in [0.717, 1.165) is 17.7 Å². The third kappa shape index (κ3) is 6.98. The molecular weight excluding hydrogens is 698 g/mol. The second-order valence-electron chi connectivity index (χ2n) is 10.2. The number of nitrogens with one attached hydrogen (secondary N) is 4.